The smallest absolute Gasteiger partial charge is 0.252 e. The van der Waals surface area contributed by atoms with Gasteiger partial charge in [-0.15, -0.1) is 0 Å². The molecule has 6 heteroatoms. The van der Waals surface area contributed by atoms with Crippen molar-refractivity contribution < 1.29 is 18.7 Å². The molecule has 0 saturated carbocycles. The minimum Gasteiger partial charge on any atom is -0.366 e. The van der Waals surface area contributed by atoms with Crippen molar-refractivity contribution in [2.75, 3.05) is 13.2 Å². The molecule has 1 N–H and O–H groups in total. The van der Waals surface area contributed by atoms with Gasteiger partial charge in [0.25, 0.3) is 5.91 Å². The first-order valence-corrected chi connectivity index (χ1v) is 10.3. The molecule has 0 aromatic heterocycles. The van der Waals surface area contributed by atoms with Crippen LogP contribution in [0.5, 0.6) is 0 Å². The lowest BCUT2D eigenvalue weighted by atomic mass is 9.87. The highest BCUT2D eigenvalue weighted by Crippen LogP contribution is 2.36. The minimum atomic E-state index is -0.495. The quantitative estimate of drug-likeness (QED) is 0.848. The fourth-order valence-corrected chi connectivity index (χ4v) is 4.86. The van der Waals surface area contributed by atoms with Crippen molar-refractivity contribution in [2.45, 2.75) is 50.3 Å². The van der Waals surface area contributed by atoms with E-state index in [0.717, 1.165) is 17.5 Å². The molecule has 2 saturated heterocycles. The third kappa shape index (κ3) is 3.45. The number of halogens is 1. The monoisotopic (exact) mass is 396 g/mol. The Morgan fingerprint density at radius 1 is 1.17 bits per heavy atom. The van der Waals surface area contributed by atoms with E-state index < -0.39 is 6.10 Å². The second kappa shape index (κ2) is 7.52. The number of hydrogen-bond donors (Lipinski definition) is 1. The number of benzene rings is 2. The van der Waals surface area contributed by atoms with Gasteiger partial charge in [-0.3, -0.25) is 10.1 Å². The van der Waals surface area contributed by atoms with Crippen LogP contribution in [0.2, 0.25) is 0 Å². The summed E-state index contributed by atoms with van der Waals surface area (Å²) in [6.07, 6.45) is 0.894. The van der Waals surface area contributed by atoms with Crippen molar-refractivity contribution in [1.82, 2.24) is 10.2 Å². The number of ether oxygens (including phenoxy) is 2. The van der Waals surface area contributed by atoms with E-state index >= 15 is 0 Å². The Balaban J connectivity index is 1.45. The molecule has 3 heterocycles. The van der Waals surface area contributed by atoms with E-state index in [9.17, 15) is 9.18 Å². The number of amides is 1. The van der Waals surface area contributed by atoms with Crippen LogP contribution in [0, 0.1) is 5.82 Å². The molecule has 5 nitrogen and oxygen atoms in total. The van der Waals surface area contributed by atoms with E-state index in [0.29, 0.717) is 19.6 Å². The van der Waals surface area contributed by atoms with Gasteiger partial charge in [0.2, 0.25) is 0 Å². The van der Waals surface area contributed by atoms with Gasteiger partial charge in [-0.1, -0.05) is 36.4 Å². The molecule has 1 amide bonds. The van der Waals surface area contributed by atoms with Crippen LogP contribution < -0.4 is 5.32 Å². The van der Waals surface area contributed by atoms with Gasteiger partial charge in [0.05, 0.1) is 18.8 Å². The van der Waals surface area contributed by atoms with Gasteiger partial charge in [-0.25, -0.2) is 4.39 Å². The summed E-state index contributed by atoms with van der Waals surface area (Å²) in [6.45, 7) is 3.01. The van der Waals surface area contributed by atoms with Gasteiger partial charge in [0.1, 0.15) is 18.1 Å². The molecule has 29 heavy (non-hydrogen) atoms. The van der Waals surface area contributed by atoms with Crippen LogP contribution in [-0.2, 0) is 20.7 Å². The number of carbonyl (C=O) groups is 1. The summed E-state index contributed by atoms with van der Waals surface area (Å²) in [4.78, 5) is 15.4. The molecule has 1 unspecified atom stereocenters. The van der Waals surface area contributed by atoms with Gasteiger partial charge in [0.15, 0.2) is 0 Å². The fraction of sp³-hybridized carbons (Fsp3) is 0.435. The topological polar surface area (TPSA) is 50.8 Å². The zero-order valence-corrected chi connectivity index (χ0v) is 16.4. The Bertz CT molecular complexity index is 903. The van der Waals surface area contributed by atoms with Crippen molar-refractivity contribution in [2.24, 2.45) is 0 Å². The van der Waals surface area contributed by atoms with Crippen molar-refractivity contribution in [3.05, 3.63) is 71.0 Å². The Morgan fingerprint density at radius 3 is 2.79 bits per heavy atom. The second-order valence-electron chi connectivity index (χ2n) is 8.08. The first-order valence-electron chi connectivity index (χ1n) is 10.3. The highest BCUT2D eigenvalue weighted by atomic mass is 19.1. The predicted molar refractivity (Wildman–Crippen MR) is 106 cm³/mol. The Labute approximate surface area is 169 Å². The van der Waals surface area contributed by atoms with Gasteiger partial charge >= 0.3 is 0 Å². The molecule has 0 radical (unpaired) electrons. The summed E-state index contributed by atoms with van der Waals surface area (Å²) in [7, 11) is 0. The lowest BCUT2D eigenvalue weighted by Crippen LogP contribution is -2.52. The molecule has 5 atom stereocenters. The third-order valence-corrected chi connectivity index (χ3v) is 6.23. The van der Waals surface area contributed by atoms with E-state index in [1.165, 1.54) is 17.7 Å². The summed E-state index contributed by atoms with van der Waals surface area (Å²) >= 11 is 0. The van der Waals surface area contributed by atoms with Crippen LogP contribution in [0.1, 0.15) is 36.1 Å². The highest BCUT2D eigenvalue weighted by Gasteiger charge is 2.43. The number of hydrogen-bond acceptors (Lipinski definition) is 4. The van der Waals surface area contributed by atoms with E-state index in [1.54, 1.807) is 12.1 Å². The summed E-state index contributed by atoms with van der Waals surface area (Å²) in [5, 5.41) is 3.39. The zero-order valence-electron chi connectivity index (χ0n) is 16.4. The maximum absolute atomic E-state index is 13.5. The van der Waals surface area contributed by atoms with Gasteiger partial charge in [-0.2, -0.15) is 0 Å². The molecule has 3 aliphatic rings. The number of carbonyl (C=O) groups excluding carboxylic acids is 1. The Hall–Kier alpha value is -2.28. The highest BCUT2D eigenvalue weighted by molar-refractivity contribution is 5.82. The summed E-state index contributed by atoms with van der Waals surface area (Å²) in [6, 6.07) is 14.5. The van der Waals surface area contributed by atoms with Crippen molar-refractivity contribution >= 4 is 5.91 Å². The van der Waals surface area contributed by atoms with Gasteiger partial charge < -0.3 is 14.4 Å². The molecular formula is C23H25FN2O3. The first kappa shape index (κ1) is 18.7. The van der Waals surface area contributed by atoms with Crippen molar-refractivity contribution in [3.63, 3.8) is 0 Å². The summed E-state index contributed by atoms with van der Waals surface area (Å²) in [5.74, 6) is -0.285. The fourth-order valence-electron chi connectivity index (χ4n) is 4.86. The molecular weight excluding hydrogens is 371 g/mol. The normalized spacial score (nSPS) is 31.2. The third-order valence-electron chi connectivity index (χ3n) is 6.23. The summed E-state index contributed by atoms with van der Waals surface area (Å²) in [5.41, 5.74) is 3.25. The minimum absolute atomic E-state index is 0.00373. The molecule has 2 aromatic carbocycles. The van der Waals surface area contributed by atoms with Crippen LogP contribution in [0.4, 0.5) is 4.39 Å². The lowest BCUT2D eigenvalue weighted by molar-refractivity contribution is -0.154. The predicted octanol–water partition coefficient (Wildman–Crippen LogP) is 2.79. The zero-order chi connectivity index (χ0) is 20.0. The molecule has 0 bridgehead atoms. The SMILES string of the molecule is CC1N[C@H]2C[C@H](C(=O)N3CCc4ccccc4[C@@H]3c3ccc(F)cc3)OC[C@@H]2O1. The standard InChI is InChI=1S/C23H25FN2O3/c1-14-25-19-12-20(28-13-21(19)29-14)23(27)26-11-10-15-4-2-3-5-18(15)22(26)16-6-8-17(24)9-7-16/h2-9,14,19-22,25H,10-13H2,1H3/t14?,19-,20+,21-,22-/m0/s1. The van der Waals surface area contributed by atoms with Crippen LogP contribution in [0.3, 0.4) is 0 Å². The van der Waals surface area contributed by atoms with E-state index in [2.05, 4.69) is 17.4 Å². The number of rotatable bonds is 2. The number of nitrogens with one attached hydrogen (secondary N) is 1. The molecule has 2 aromatic rings. The van der Waals surface area contributed by atoms with E-state index in [4.69, 9.17) is 9.47 Å². The molecule has 152 valence electrons. The van der Waals surface area contributed by atoms with Crippen molar-refractivity contribution in [1.29, 1.82) is 0 Å². The van der Waals surface area contributed by atoms with Crippen LogP contribution in [-0.4, -0.2) is 48.4 Å². The maximum Gasteiger partial charge on any atom is 0.252 e. The first-order chi connectivity index (χ1) is 14.1. The number of fused-ring (bicyclic) bond motifs is 2. The average Bonchev–Trinajstić information content (AvgIpc) is 3.12. The van der Waals surface area contributed by atoms with E-state index in [-0.39, 0.29) is 36.1 Å². The maximum atomic E-state index is 13.5. The molecule has 5 rings (SSSR count). The molecule has 0 spiro atoms. The molecule has 0 aliphatic carbocycles. The van der Waals surface area contributed by atoms with Gasteiger partial charge in [0, 0.05) is 19.0 Å². The Kier molecular flexibility index (Phi) is 4.86. The van der Waals surface area contributed by atoms with Crippen molar-refractivity contribution in [3.8, 4) is 0 Å². The van der Waals surface area contributed by atoms with Crippen LogP contribution in [0.25, 0.3) is 0 Å². The lowest BCUT2D eigenvalue weighted by Gasteiger charge is -2.41. The number of nitrogens with zero attached hydrogens (tertiary/aromatic N) is 1. The second-order valence-corrected chi connectivity index (χ2v) is 8.08. The molecule has 2 fully saturated rings. The van der Waals surface area contributed by atoms with E-state index in [1.807, 2.05) is 24.0 Å². The van der Waals surface area contributed by atoms with Crippen LogP contribution in [0.15, 0.2) is 48.5 Å². The van der Waals surface area contributed by atoms with Crippen LogP contribution >= 0.6 is 0 Å². The average molecular weight is 396 g/mol. The Morgan fingerprint density at radius 2 is 1.97 bits per heavy atom. The largest absolute Gasteiger partial charge is 0.366 e. The molecule has 3 aliphatic heterocycles. The summed E-state index contributed by atoms with van der Waals surface area (Å²) < 4.78 is 25.3. The van der Waals surface area contributed by atoms with Gasteiger partial charge in [-0.05, 0) is 42.2 Å².